The monoisotopic (exact) mass is 154 g/mol. The van der Waals surface area contributed by atoms with E-state index in [4.69, 9.17) is 4.52 Å². The van der Waals surface area contributed by atoms with Crippen LogP contribution in [0.3, 0.4) is 0 Å². The van der Waals surface area contributed by atoms with Crippen molar-refractivity contribution in [1.29, 1.82) is 0 Å². The molecule has 0 aromatic rings. The Morgan fingerprint density at radius 1 is 1.75 bits per heavy atom. The Bertz CT molecular complexity index is 79.7. The number of nitrogens with one attached hydrogen (secondary N) is 1. The zero-order valence-corrected chi connectivity index (χ0v) is 6.59. The summed E-state index contributed by atoms with van der Waals surface area (Å²) in [4.78, 5) is 0. The second-order valence-corrected chi connectivity index (χ2v) is 3.00. The van der Waals surface area contributed by atoms with Crippen LogP contribution >= 0.6 is 7.15 Å². The summed E-state index contributed by atoms with van der Waals surface area (Å²) in [5, 5.41) is 2.78. The fraction of sp³-hybridized carbons (Fsp3) is 1.00. The molecule has 5 heteroatoms. The number of rotatable bonds is 4. The maximum absolute atomic E-state index is 4.89. The lowest BCUT2D eigenvalue weighted by Gasteiger charge is -1.86. The maximum atomic E-state index is 4.89. The van der Waals surface area contributed by atoms with E-state index in [1.165, 1.54) is 7.11 Å². The third-order valence-electron chi connectivity index (χ3n) is 0.463. The minimum absolute atomic E-state index is 0.461. The molecule has 0 heterocycles. The molecule has 8 heavy (non-hydrogen) atoms. The van der Waals surface area contributed by atoms with Gasteiger partial charge in [-0.2, -0.15) is 0 Å². The van der Waals surface area contributed by atoms with Gasteiger partial charge < -0.3 is 0 Å². The van der Waals surface area contributed by atoms with E-state index in [9.17, 15) is 0 Å². The van der Waals surface area contributed by atoms with Crippen molar-refractivity contribution < 1.29 is 9.05 Å². The fourth-order valence-electron chi connectivity index (χ4n) is 0.170. The topological polar surface area (TPSA) is 30.5 Å². The van der Waals surface area contributed by atoms with Gasteiger partial charge in [0.05, 0.1) is 7.11 Å². The van der Waals surface area contributed by atoms with Crippen LogP contribution in [0, 0.1) is 0 Å². The van der Waals surface area contributed by atoms with Gasteiger partial charge in [0.25, 0.3) is 0 Å². The highest BCUT2D eigenvalue weighted by Crippen LogP contribution is 2.20. The van der Waals surface area contributed by atoms with Crippen molar-refractivity contribution in [1.82, 2.24) is 5.32 Å². The molecule has 0 aliphatic carbocycles. The van der Waals surface area contributed by atoms with Crippen LogP contribution in [0.4, 0.5) is 0 Å². The summed E-state index contributed by atoms with van der Waals surface area (Å²) in [5.74, 6) is 0. The van der Waals surface area contributed by atoms with E-state index >= 15 is 0 Å². The Labute approximate surface area is 55.0 Å². The quantitative estimate of drug-likeness (QED) is 0.474. The van der Waals surface area contributed by atoms with Crippen molar-refractivity contribution in [2.45, 2.75) is 0 Å². The third kappa shape index (κ3) is 4.56. The molecule has 0 aliphatic heterocycles. The molecule has 0 saturated heterocycles. The van der Waals surface area contributed by atoms with Crippen molar-refractivity contribution in [3.8, 4) is 0 Å². The van der Waals surface area contributed by atoms with Crippen molar-refractivity contribution >= 4 is 19.0 Å². The SMILES string of the molecule is CNCO[P+](=S)OC. The summed E-state index contributed by atoms with van der Waals surface area (Å²) in [5.41, 5.74) is 0. The highest BCUT2D eigenvalue weighted by atomic mass is 32.4. The van der Waals surface area contributed by atoms with Gasteiger partial charge in [0, 0.05) is 0 Å². The van der Waals surface area contributed by atoms with Crippen molar-refractivity contribution in [2.75, 3.05) is 20.9 Å². The first kappa shape index (κ1) is 8.40. The minimum atomic E-state index is -1.06. The van der Waals surface area contributed by atoms with Gasteiger partial charge in [-0.05, 0) is 7.05 Å². The van der Waals surface area contributed by atoms with Gasteiger partial charge >= 0.3 is 7.15 Å². The van der Waals surface area contributed by atoms with E-state index < -0.39 is 7.15 Å². The molecule has 0 bridgehead atoms. The van der Waals surface area contributed by atoms with E-state index in [1.54, 1.807) is 7.05 Å². The van der Waals surface area contributed by atoms with Crippen LogP contribution in [-0.2, 0) is 20.9 Å². The summed E-state index contributed by atoms with van der Waals surface area (Å²) >= 11 is 4.68. The molecule has 0 saturated carbocycles. The first-order valence-electron chi connectivity index (χ1n) is 2.10. The predicted octanol–water partition coefficient (Wildman–Crippen LogP) is 0.600. The number of hydrogen-bond acceptors (Lipinski definition) is 4. The highest BCUT2D eigenvalue weighted by Gasteiger charge is 2.07. The van der Waals surface area contributed by atoms with Crippen LogP contribution in [0.15, 0.2) is 0 Å². The Kier molecular flexibility index (Phi) is 5.81. The Morgan fingerprint density at radius 3 is 2.75 bits per heavy atom. The Morgan fingerprint density at radius 2 is 2.38 bits per heavy atom. The molecule has 0 amide bonds. The van der Waals surface area contributed by atoms with E-state index in [0.717, 1.165) is 0 Å². The smallest absolute Gasteiger partial charge is 0.294 e. The molecular formula is C3H9NO2PS+. The molecule has 1 unspecified atom stereocenters. The standard InChI is InChI=1S/C3H9NO2PS/c1-4-3-6-7(8)5-2/h4H,3H2,1-2H3/q+1. The molecule has 0 aromatic carbocycles. The summed E-state index contributed by atoms with van der Waals surface area (Å²) in [6.45, 7) is 0.461. The predicted molar refractivity (Wildman–Crippen MR) is 36.3 cm³/mol. The van der Waals surface area contributed by atoms with Crippen molar-refractivity contribution in [3.05, 3.63) is 0 Å². The highest BCUT2D eigenvalue weighted by molar-refractivity contribution is 8.00. The lowest BCUT2D eigenvalue weighted by molar-refractivity contribution is 0.283. The summed E-state index contributed by atoms with van der Waals surface area (Å²) in [6.07, 6.45) is 0. The van der Waals surface area contributed by atoms with E-state index in [0.29, 0.717) is 6.73 Å². The van der Waals surface area contributed by atoms with Crippen LogP contribution in [0.2, 0.25) is 0 Å². The summed E-state index contributed by atoms with van der Waals surface area (Å²) in [7, 11) is 2.26. The van der Waals surface area contributed by atoms with Crippen LogP contribution in [0.25, 0.3) is 0 Å². The minimum Gasteiger partial charge on any atom is -0.294 e. The Hall–Kier alpha value is 0.400. The zero-order valence-electron chi connectivity index (χ0n) is 4.88. The second-order valence-electron chi connectivity index (χ2n) is 1.03. The summed E-state index contributed by atoms with van der Waals surface area (Å²) in [6, 6.07) is 0. The van der Waals surface area contributed by atoms with Gasteiger partial charge in [-0.15, -0.1) is 9.05 Å². The van der Waals surface area contributed by atoms with Gasteiger partial charge in [0.1, 0.15) is 0 Å². The zero-order chi connectivity index (χ0) is 6.41. The maximum Gasteiger partial charge on any atom is 0.522 e. The molecule has 0 rings (SSSR count). The van der Waals surface area contributed by atoms with Gasteiger partial charge in [-0.25, -0.2) is 0 Å². The normalized spacial score (nSPS) is 11.5. The van der Waals surface area contributed by atoms with Crippen LogP contribution in [-0.4, -0.2) is 20.9 Å². The fourth-order valence-corrected chi connectivity index (χ4v) is 0.668. The van der Waals surface area contributed by atoms with Gasteiger partial charge in [0.15, 0.2) is 6.73 Å². The molecule has 0 aliphatic rings. The van der Waals surface area contributed by atoms with E-state index in [1.807, 2.05) is 0 Å². The van der Waals surface area contributed by atoms with Gasteiger partial charge in [0.2, 0.25) is 11.8 Å². The van der Waals surface area contributed by atoms with Crippen molar-refractivity contribution in [2.24, 2.45) is 0 Å². The van der Waals surface area contributed by atoms with Gasteiger partial charge in [-0.1, -0.05) is 0 Å². The third-order valence-corrected chi connectivity index (χ3v) is 1.86. The molecular weight excluding hydrogens is 145 g/mol. The van der Waals surface area contributed by atoms with E-state index in [-0.39, 0.29) is 0 Å². The molecule has 0 aromatic heterocycles. The molecule has 0 spiro atoms. The largest absolute Gasteiger partial charge is 0.522 e. The van der Waals surface area contributed by atoms with Crippen molar-refractivity contribution in [3.63, 3.8) is 0 Å². The van der Waals surface area contributed by atoms with Crippen LogP contribution in [0.5, 0.6) is 0 Å². The molecule has 1 N–H and O–H groups in total. The lowest BCUT2D eigenvalue weighted by Crippen LogP contribution is -2.07. The average molecular weight is 154 g/mol. The lowest BCUT2D eigenvalue weighted by atomic mass is 11.2. The average Bonchev–Trinajstić information content (AvgIpc) is 1.83. The number of hydrogen-bond donors (Lipinski definition) is 1. The molecule has 3 nitrogen and oxygen atoms in total. The summed E-state index contributed by atoms with van der Waals surface area (Å²) < 4.78 is 9.56. The van der Waals surface area contributed by atoms with E-state index in [2.05, 4.69) is 21.6 Å². The molecule has 0 fully saturated rings. The second kappa shape index (κ2) is 5.54. The molecule has 48 valence electrons. The molecule has 0 radical (unpaired) electrons. The molecule has 1 atom stereocenters. The van der Waals surface area contributed by atoms with Gasteiger partial charge in [-0.3, -0.25) is 5.32 Å². The first-order valence-corrected chi connectivity index (χ1v) is 4.29. The van der Waals surface area contributed by atoms with Crippen LogP contribution < -0.4 is 5.32 Å². The van der Waals surface area contributed by atoms with Crippen LogP contribution in [0.1, 0.15) is 0 Å². The Balaban J connectivity index is 2.99. The first-order chi connectivity index (χ1) is 3.81.